The van der Waals surface area contributed by atoms with Gasteiger partial charge in [0.15, 0.2) is 5.65 Å². The number of hydrogen-bond donors (Lipinski definition) is 1. The number of halogens is 2. The molecule has 1 aromatic carbocycles. The van der Waals surface area contributed by atoms with Gasteiger partial charge in [-0.15, -0.1) is 0 Å². The van der Waals surface area contributed by atoms with Crippen LogP contribution in [-0.4, -0.2) is 19.6 Å². The maximum atomic E-state index is 12.4. The Hall–Kier alpha value is -1.95. The second-order valence-electron chi connectivity index (χ2n) is 4.76. The summed E-state index contributed by atoms with van der Waals surface area (Å²) in [4.78, 5) is 20.5. The quantitative estimate of drug-likeness (QED) is 0.799. The molecule has 0 spiro atoms. The van der Waals surface area contributed by atoms with E-state index in [1.807, 2.05) is 0 Å². The number of hydrogen-bond acceptors (Lipinski definition) is 4. The minimum atomic E-state index is -0.972. The highest BCUT2D eigenvalue weighted by Crippen LogP contribution is 2.27. The minimum Gasteiger partial charge on any atom is -0.386 e. The standard InChI is InChI=1S/C15H11Cl2N3O2/c16-9-3-4-12(17)11(6-9)13(21)7-20-8-19-14-10(15(20)22)2-1-5-18-14/h1-6,8,13,21H,7H2/t13-/m1/s1. The van der Waals surface area contributed by atoms with Crippen molar-refractivity contribution in [2.45, 2.75) is 12.6 Å². The summed E-state index contributed by atoms with van der Waals surface area (Å²) in [6.07, 6.45) is 1.96. The Balaban J connectivity index is 1.97. The van der Waals surface area contributed by atoms with Gasteiger partial charge in [0.2, 0.25) is 0 Å². The normalized spacial score (nSPS) is 12.5. The summed E-state index contributed by atoms with van der Waals surface area (Å²) in [6, 6.07) is 8.13. The predicted octanol–water partition coefficient (Wildman–Crippen LogP) is 2.83. The zero-order chi connectivity index (χ0) is 15.7. The predicted molar refractivity (Wildman–Crippen MR) is 85.2 cm³/mol. The minimum absolute atomic E-state index is 0.0245. The van der Waals surface area contributed by atoms with Crippen molar-refractivity contribution in [3.05, 3.63) is 68.8 Å². The Labute approximate surface area is 135 Å². The number of aliphatic hydroxyl groups excluding tert-OH is 1. The van der Waals surface area contributed by atoms with Crippen molar-refractivity contribution in [1.29, 1.82) is 0 Å². The van der Waals surface area contributed by atoms with Crippen LogP contribution in [0.15, 0.2) is 47.7 Å². The average Bonchev–Trinajstić information content (AvgIpc) is 2.52. The van der Waals surface area contributed by atoms with Crippen LogP contribution in [0.25, 0.3) is 11.0 Å². The summed E-state index contributed by atoms with van der Waals surface area (Å²) in [5, 5.41) is 11.6. The number of aromatic nitrogens is 3. The van der Waals surface area contributed by atoms with E-state index in [0.29, 0.717) is 26.6 Å². The summed E-state index contributed by atoms with van der Waals surface area (Å²) in [6.45, 7) is 0.0245. The first kappa shape index (κ1) is 15.0. The summed E-state index contributed by atoms with van der Waals surface area (Å²) < 4.78 is 1.33. The molecular formula is C15H11Cl2N3O2. The first-order valence-corrected chi connectivity index (χ1v) is 7.25. The van der Waals surface area contributed by atoms with E-state index >= 15 is 0 Å². The lowest BCUT2D eigenvalue weighted by atomic mass is 10.1. The van der Waals surface area contributed by atoms with Gasteiger partial charge in [0, 0.05) is 21.8 Å². The SMILES string of the molecule is O=c1c2cccnc2ncn1C[C@@H](O)c1cc(Cl)ccc1Cl. The summed E-state index contributed by atoms with van der Waals surface area (Å²) in [7, 11) is 0. The molecule has 0 amide bonds. The number of fused-ring (bicyclic) bond motifs is 1. The second-order valence-corrected chi connectivity index (χ2v) is 5.60. The molecule has 0 saturated carbocycles. The molecule has 1 atom stereocenters. The largest absolute Gasteiger partial charge is 0.386 e. The molecule has 0 unspecified atom stereocenters. The van der Waals surface area contributed by atoms with E-state index in [1.165, 1.54) is 10.9 Å². The molecule has 3 rings (SSSR count). The van der Waals surface area contributed by atoms with E-state index in [9.17, 15) is 9.90 Å². The molecule has 1 N–H and O–H groups in total. The van der Waals surface area contributed by atoms with E-state index in [-0.39, 0.29) is 12.1 Å². The van der Waals surface area contributed by atoms with Crippen molar-refractivity contribution >= 4 is 34.2 Å². The average molecular weight is 336 g/mol. The van der Waals surface area contributed by atoms with Crippen LogP contribution in [0.1, 0.15) is 11.7 Å². The Morgan fingerprint density at radius 3 is 2.86 bits per heavy atom. The van der Waals surface area contributed by atoms with Gasteiger partial charge in [0.05, 0.1) is 18.0 Å². The summed E-state index contributed by atoms with van der Waals surface area (Å²) >= 11 is 12.0. The lowest BCUT2D eigenvalue weighted by Gasteiger charge is -2.14. The molecule has 112 valence electrons. The fraction of sp³-hybridized carbons (Fsp3) is 0.133. The maximum absolute atomic E-state index is 12.4. The van der Waals surface area contributed by atoms with Crippen molar-refractivity contribution in [2.24, 2.45) is 0 Å². The Bertz CT molecular complexity index is 895. The Morgan fingerprint density at radius 1 is 1.23 bits per heavy atom. The second kappa shape index (κ2) is 6.04. The molecule has 0 aliphatic carbocycles. The highest BCUT2D eigenvalue weighted by Gasteiger charge is 2.15. The van der Waals surface area contributed by atoms with Crippen molar-refractivity contribution in [2.75, 3.05) is 0 Å². The van der Waals surface area contributed by atoms with E-state index in [4.69, 9.17) is 23.2 Å². The molecule has 0 radical (unpaired) electrons. The van der Waals surface area contributed by atoms with Gasteiger partial charge in [0.1, 0.15) is 6.33 Å². The van der Waals surface area contributed by atoms with Crippen LogP contribution < -0.4 is 5.56 Å². The molecule has 3 aromatic rings. The first-order chi connectivity index (χ1) is 10.6. The van der Waals surface area contributed by atoms with Gasteiger partial charge in [-0.3, -0.25) is 9.36 Å². The van der Waals surface area contributed by atoms with Crippen LogP contribution in [0.4, 0.5) is 0 Å². The number of aliphatic hydroxyl groups is 1. The first-order valence-electron chi connectivity index (χ1n) is 6.49. The molecule has 2 aromatic heterocycles. The zero-order valence-electron chi connectivity index (χ0n) is 11.3. The fourth-order valence-corrected chi connectivity index (χ4v) is 2.61. The van der Waals surface area contributed by atoms with Gasteiger partial charge in [-0.2, -0.15) is 0 Å². The molecule has 7 heteroatoms. The van der Waals surface area contributed by atoms with Crippen LogP contribution in [0.5, 0.6) is 0 Å². The number of benzene rings is 1. The molecule has 2 heterocycles. The van der Waals surface area contributed by atoms with Crippen LogP contribution in [-0.2, 0) is 6.54 Å². The van der Waals surface area contributed by atoms with E-state index in [0.717, 1.165) is 0 Å². The number of pyridine rings is 1. The van der Waals surface area contributed by atoms with Gasteiger partial charge in [-0.05, 0) is 30.3 Å². The monoisotopic (exact) mass is 335 g/mol. The molecule has 0 bridgehead atoms. The van der Waals surface area contributed by atoms with Crippen LogP contribution in [0.2, 0.25) is 10.0 Å². The van der Waals surface area contributed by atoms with Gasteiger partial charge in [-0.1, -0.05) is 23.2 Å². The van der Waals surface area contributed by atoms with Crippen molar-refractivity contribution in [1.82, 2.24) is 14.5 Å². The Morgan fingerprint density at radius 2 is 2.05 bits per heavy atom. The molecule has 22 heavy (non-hydrogen) atoms. The molecular weight excluding hydrogens is 325 g/mol. The topological polar surface area (TPSA) is 68.0 Å². The molecule has 0 fully saturated rings. The maximum Gasteiger partial charge on any atom is 0.262 e. The van der Waals surface area contributed by atoms with Gasteiger partial charge >= 0.3 is 0 Å². The molecule has 5 nitrogen and oxygen atoms in total. The van der Waals surface area contributed by atoms with Gasteiger partial charge in [-0.25, -0.2) is 9.97 Å². The third-order valence-corrected chi connectivity index (χ3v) is 3.86. The van der Waals surface area contributed by atoms with E-state index in [2.05, 4.69) is 9.97 Å². The lowest BCUT2D eigenvalue weighted by Crippen LogP contribution is -2.24. The third kappa shape index (κ3) is 2.83. The summed E-state index contributed by atoms with van der Waals surface area (Å²) in [5.41, 5.74) is 0.571. The van der Waals surface area contributed by atoms with Crippen molar-refractivity contribution in [3.63, 3.8) is 0 Å². The summed E-state index contributed by atoms with van der Waals surface area (Å²) in [5.74, 6) is 0. The number of nitrogens with zero attached hydrogens (tertiary/aromatic N) is 3. The van der Waals surface area contributed by atoms with E-state index in [1.54, 1.807) is 36.5 Å². The third-order valence-electron chi connectivity index (χ3n) is 3.28. The van der Waals surface area contributed by atoms with Crippen LogP contribution in [0.3, 0.4) is 0 Å². The highest BCUT2D eigenvalue weighted by molar-refractivity contribution is 6.33. The smallest absolute Gasteiger partial charge is 0.262 e. The molecule has 0 saturated heterocycles. The lowest BCUT2D eigenvalue weighted by molar-refractivity contribution is 0.155. The van der Waals surface area contributed by atoms with Crippen LogP contribution in [0, 0.1) is 0 Å². The molecule has 0 aliphatic heterocycles. The van der Waals surface area contributed by atoms with E-state index < -0.39 is 6.10 Å². The fourth-order valence-electron chi connectivity index (χ4n) is 2.18. The van der Waals surface area contributed by atoms with Gasteiger partial charge < -0.3 is 5.11 Å². The van der Waals surface area contributed by atoms with Crippen LogP contribution >= 0.6 is 23.2 Å². The Kier molecular flexibility index (Phi) is 4.11. The van der Waals surface area contributed by atoms with Crippen molar-refractivity contribution in [3.8, 4) is 0 Å². The van der Waals surface area contributed by atoms with Crippen molar-refractivity contribution < 1.29 is 5.11 Å². The van der Waals surface area contributed by atoms with Gasteiger partial charge in [0.25, 0.3) is 5.56 Å². The molecule has 0 aliphatic rings. The highest BCUT2D eigenvalue weighted by atomic mass is 35.5. The zero-order valence-corrected chi connectivity index (χ0v) is 12.8. The number of rotatable bonds is 3.